The number of likely N-dealkylation sites (N-methyl/N-ethyl adjacent to an activating group) is 1. The lowest BCUT2D eigenvalue weighted by atomic mass is 10.0. The maximum atomic E-state index is 13.2. The molecule has 1 atom stereocenters. The first-order valence-electron chi connectivity index (χ1n) is 12.2. The van der Waals surface area contributed by atoms with Crippen LogP contribution in [0.15, 0.2) is 72.8 Å². The summed E-state index contributed by atoms with van der Waals surface area (Å²) < 4.78 is 50.2. The molecule has 0 aromatic heterocycles. The SMILES string of the molecule is CNC(=O)[C@H](c1ccccc1)N(CCCc1ccc(C(F)(F)F)cc1)c1ccc(OC)c(OC(C)C)c1. The molecule has 0 spiro atoms. The quantitative estimate of drug-likeness (QED) is 0.321. The number of ether oxygens (including phenoxy) is 2. The Balaban J connectivity index is 1.94. The van der Waals surface area contributed by atoms with E-state index in [0.717, 1.165) is 28.9 Å². The number of methoxy groups -OCH3 is 1. The molecule has 8 heteroatoms. The minimum Gasteiger partial charge on any atom is -0.493 e. The molecule has 0 unspecified atom stereocenters. The van der Waals surface area contributed by atoms with E-state index in [-0.39, 0.29) is 12.0 Å². The van der Waals surface area contributed by atoms with Crippen molar-refractivity contribution in [2.24, 2.45) is 0 Å². The van der Waals surface area contributed by atoms with Crippen molar-refractivity contribution in [3.05, 3.63) is 89.5 Å². The molecule has 1 N–H and O–H groups in total. The summed E-state index contributed by atoms with van der Waals surface area (Å²) in [4.78, 5) is 15.2. The molecule has 0 fully saturated rings. The van der Waals surface area contributed by atoms with Gasteiger partial charge in [-0.1, -0.05) is 42.5 Å². The summed E-state index contributed by atoms with van der Waals surface area (Å²) >= 11 is 0. The van der Waals surface area contributed by atoms with Crippen LogP contribution >= 0.6 is 0 Å². The summed E-state index contributed by atoms with van der Waals surface area (Å²) in [6.07, 6.45) is -3.29. The molecule has 0 aliphatic heterocycles. The topological polar surface area (TPSA) is 50.8 Å². The average molecular weight is 515 g/mol. The Labute approximate surface area is 216 Å². The molecule has 198 valence electrons. The molecule has 37 heavy (non-hydrogen) atoms. The summed E-state index contributed by atoms with van der Waals surface area (Å²) in [5.74, 6) is 0.965. The number of nitrogens with one attached hydrogen (secondary N) is 1. The number of amides is 1. The Morgan fingerprint density at radius 2 is 1.65 bits per heavy atom. The highest BCUT2D eigenvalue weighted by Crippen LogP contribution is 2.36. The zero-order valence-electron chi connectivity index (χ0n) is 21.5. The van der Waals surface area contributed by atoms with Crippen LogP contribution in [0.25, 0.3) is 0 Å². The highest BCUT2D eigenvalue weighted by Gasteiger charge is 2.30. The summed E-state index contributed by atoms with van der Waals surface area (Å²) in [5, 5.41) is 2.77. The van der Waals surface area contributed by atoms with Gasteiger partial charge in [-0.15, -0.1) is 0 Å². The van der Waals surface area contributed by atoms with Gasteiger partial charge in [0, 0.05) is 25.3 Å². The molecule has 0 saturated heterocycles. The molecule has 0 heterocycles. The second-order valence-corrected chi connectivity index (χ2v) is 8.92. The number of carbonyl (C=O) groups is 1. The van der Waals surface area contributed by atoms with Crippen LogP contribution in [0.2, 0.25) is 0 Å². The van der Waals surface area contributed by atoms with E-state index in [1.165, 1.54) is 12.1 Å². The Hall–Kier alpha value is -3.68. The minimum atomic E-state index is -4.37. The Bertz CT molecular complexity index is 1150. The van der Waals surface area contributed by atoms with E-state index in [0.29, 0.717) is 30.9 Å². The van der Waals surface area contributed by atoms with E-state index in [1.54, 1.807) is 14.2 Å². The lowest BCUT2D eigenvalue weighted by Gasteiger charge is -2.33. The molecule has 0 saturated carbocycles. The van der Waals surface area contributed by atoms with Crippen LogP contribution in [0.3, 0.4) is 0 Å². The van der Waals surface area contributed by atoms with Crippen LogP contribution in [0.4, 0.5) is 18.9 Å². The number of aryl methyl sites for hydroxylation is 1. The molecular weight excluding hydrogens is 481 g/mol. The molecule has 1 amide bonds. The Kier molecular flexibility index (Phi) is 9.44. The Morgan fingerprint density at radius 3 is 2.22 bits per heavy atom. The summed E-state index contributed by atoms with van der Waals surface area (Å²) in [6.45, 7) is 4.32. The summed E-state index contributed by atoms with van der Waals surface area (Å²) in [6, 6.07) is 19.6. The van der Waals surface area contributed by atoms with Gasteiger partial charge in [-0.05, 0) is 62.1 Å². The van der Waals surface area contributed by atoms with Gasteiger partial charge in [-0.3, -0.25) is 4.79 Å². The van der Waals surface area contributed by atoms with Crippen molar-refractivity contribution in [3.63, 3.8) is 0 Å². The van der Waals surface area contributed by atoms with Crippen molar-refractivity contribution in [3.8, 4) is 11.5 Å². The second kappa shape index (κ2) is 12.5. The molecule has 0 aliphatic rings. The van der Waals surface area contributed by atoms with Crippen molar-refractivity contribution >= 4 is 11.6 Å². The average Bonchev–Trinajstić information content (AvgIpc) is 2.88. The van der Waals surface area contributed by atoms with Crippen LogP contribution in [0.1, 0.15) is 43.0 Å². The zero-order valence-corrected chi connectivity index (χ0v) is 21.5. The van der Waals surface area contributed by atoms with Gasteiger partial charge in [0.25, 0.3) is 0 Å². The zero-order chi connectivity index (χ0) is 27.0. The number of halogens is 3. The van der Waals surface area contributed by atoms with Crippen molar-refractivity contribution in [1.82, 2.24) is 5.32 Å². The van der Waals surface area contributed by atoms with Gasteiger partial charge in [0.15, 0.2) is 11.5 Å². The molecule has 0 radical (unpaired) electrons. The van der Waals surface area contributed by atoms with E-state index in [4.69, 9.17) is 9.47 Å². The molecule has 5 nitrogen and oxygen atoms in total. The standard InChI is InChI=1S/C29H33F3N2O3/c1-20(2)37-26-19-24(16-17-25(26)36-4)34(27(28(35)33-3)22-10-6-5-7-11-22)18-8-9-21-12-14-23(15-13-21)29(30,31)32/h5-7,10-17,19-20,27H,8-9,18H2,1-4H3,(H,33,35)/t27-/m0/s1. The molecule has 3 aromatic carbocycles. The molecule has 0 aliphatic carbocycles. The van der Waals surface area contributed by atoms with Gasteiger partial charge in [-0.2, -0.15) is 13.2 Å². The molecular formula is C29H33F3N2O3. The molecule has 0 bridgehead atoms. The van der Waals surface area contributed by atoms with E-state index in [1.807, 2.05) is 67.3 Å². The number of rotatable bonds is 11. The highest BCUT2D eigenvalue weighted by molar-refractivity contribution is 5.86. The highest BCUT2D eigenvalue weighted by atomic mass is 19.4. The normalized spacial score (nSPS) is 12.2. The van der Waals surface area contributed by atoms with Crippen LogP contribution in [-0.4, -0.2) is 32.7 Å². The predicted octanol–water partition coefficient (Wildman–Crippen LogP) is 6.43. The molecule has 3 aromatic rings. The fraction of sp³-hybridized carbons (Fsp3) is 0.345. The first-order chi connectivity index (χ1) is 17.6. The van der Waals surface area contributed by atoms with E-state index < -0.39 is 17.8 Å². The number of nitrogens with zero attached hydrogens (tertiary/aromatic N) is 1. The maximum Gasteiger partial charge on any atom is 0.416 e. The second-order valence-electron chi connectivity index (χ2n) is 8.92. The van der Waals surface area contributed by atoms with Crippen molar-refractivity contribution in [2.45, 2.75) is 45.0 Å². The third-order valence-electron chi connectivity index (χ3n) is 5.91. The summed E-state index contributed by atoms with van der Waals surface area (Å²) in [7, 11) is 3.17. The number of hydrogen-bond acceptors (Lipinski definition) is 4. The number of benzene rings is 3. The minimum absolute atomic E-state index is 0.0823. The van der Waals surface area contributed by atoms with Gasteiger partial charge < -0.3 is 19.7 Å². The van der Waals surface area contributed by atoms with Crippen LogP contribution in [-0.2, 0) is 17.4 Å². The smallest absolute Gasteiger partial charge is 0.416 e. The number of hydrogen-bond donors (Lipinski definition) is 1. The first kappa shape index (κ1) is 27.9. The van der Waals surface area contributed by atoms with Crippen molar-refractivity contribution < 1.29 is 27.4 Å². The fourth-order valence-electron chi connectivity index (χ4n) is 4.16. The van der Waals surface area contributed by atoms with E-state index in [2.05, 4.69) is 5.32 Å². The van der Waals surface area contributed by atoms with Gasteiger partial charge in [-0.25, -0.2) is 0 Å². The maximum absolute atomic E-state index is 13.2. The number of carbonyl (C=O) groups excluding carboxylic acids is 1. The molecule has 3 rings (SSSR count). The van der Waals surface area contributed by atoms with Gasteiger partial charge in [0.2, 0.25) is 5.91 Å². The van der Waals surface area contributed by atoms with Crippen LogP contribution in [0.5, 0.6) is 11.5 Å². The third-order valence-corrected chi connectivity index (χ3v) is 5.91. The van der Waals surface area contributed by atoms with E-state index >= 15 is 0 Å². The van der Waals surface area contributed by atoms with E-state index in [9.17, 15) is 18.0 Å². The monoisotopic (exact) mass is 514 g/mol. The number of anilines is 1. The first-order valence-corrected chi connectivity index (χ1v) is 12.2. The number of alkyl halides is 3. The van der Waals surface area contributed by atoms with Crippen LogP contribution in [0, 0.1) is 0 Å². The fourth-order valence-corrected chi connectivity index (χ4v) is 4.16. The largest absolute Gasteiger partial charge is 0.493 e. The van der Waals surface area contributed by atoms with Crippen LogP contribution < -0.4 is 19.7 Å². The predicted molar refractivity (Wildman–Crippen MR) is 139 cm³/mol. The van der Waals surface area contributed by atoms with Gasteiger partial charge in [0.1, 0.15) is 6.04 Å². The lowest BCUT2D eigenvalue weighted by molar-refractivity contribution is -0.137. The third kappa shape index (κ3) is 7.41. The van der Waals surface area contributed by atoms with Gasteiger partial charge in [0.05, 0.1) is 18.8 Å². The van der Waals surface area contributed by atoms with Gasteiger partial charge >= 0.3 is 6.18 Å². The van der Waals surface area contributed by atoms with Crippen molar-refractivity contribution in [2.75, 3.05) is 25.6 Å². The van der Waals surface area contributed by atoms with Crippen molar-refractivity contribution in [1.29, 1.82) is 0 Å². The summed E-state index contributed by atoms with van der Waals surface area (Å²) in [5.41, 5.74) is 1.71. The lowest BCUT2D eigenvalue weighted by Crippen LogP contribution is -2.40. The Morgan fingerprint density at radius 1 is 0.973 bits per heavy atom.